The number of methoxy groups -OCH3 is 1. The van der Waals surface area contributed by atoms with E-state index in [2.05, 4.69) is 10.2 Å². The maximum absolute atomic E-state index is 12.2. The van der Waals surface area contributed by atoms with Crippen LogP contribution in [0.15, 0.2) is 12.1 Å². The first-order valence-corrected chi connectivity index (χ1v) is 8.34. The Morgan fingerprint density at radius 1 is 1.27 bits per heavy atom. The summed E-state index contributed by atoms with van der Waals surface area (Å²) in [6, 6.07) is 3.59. The Bertz CT molecular complexity index is 512. The molecule has 22 heavy (non-hydrogen) atoms. The lowest BCUT2D eigenvalue weighted by Crippen LogP contribution is -2.28. The fraction of sp³-hybridized carbons (Fsp3) is 0.588. The van der Waals surface area contributed by atoms with Crippen molar-refractivity contribution in [3.8, 4) is 5.75 Å². The molecule has 1 amide bonds. The van der Waals surface area contributed by atoms with Gasteiger partial charge in [-0.1, -0.05) is 24.4 Å². The Balaban J connectivity index is 1.90. The first-order chi connectivity index (χ1) is 10.6. The normalized spacial score (nSPS) is 16.1. The number of halogens is 1. The fourth-order valence-electron chi connectivity index (χ4n) is 2.76. The van der Waals surface area contributed by atoms with E-state index in [0.717, 1.165) is 25.2 Å². The number of anilines is 1. The number of aryl methyl sites for hydroxylation is 1. The summed E-state index contributed by atoms with van der Waals surface area (Å²) >= 11 is 6.08. The van der Waals surface area contributed by atoms with Gasteiger partial charge in [0.15, 0.2) is 0 Å². The van der Waals surface area contributed by atoms with Gasteiger partial charge in [-0.15, -0.1) is 0 Å². The van der Waals surface area contributed by atoms with Crippen LogP contribution in [0.4, 0.5) is 5.69 Å². The number of carbonyl (C=O) groups is 1. The monoisotopic (exact) mass is 324 g/mol. The summed E-state index contributed by atoms with van der Waals surface area (Å²) in [4.78, 5) is 14.6. The number of rotatable bonds is 5. The molecule has 1 aliphatic heterocycles. The zero-order valence-electron chi connectivity index (χ0n) is 13.5. The molecule has 1 aromatic rings. The molecule has 122 valence electrons. The van der Waals surface area contributed by atoms with Crippen LogP contribution in [-0.4, -0.2) is 37.6 Å². The van der Waals surface area contributed by atoms with Gasteiger partial charge in [-0.05, 0) is 44.5 Å². The van der Waals surface area contributed by atoms with Crippen LogP contribution in [0.25, 0.3) is 0 Å². The zero-order chi connectivity index (χ0) is 15.9. The molecule has 0 bridgehead atoms. The average molecular weight is 325 g/mol. The van der Waals surface area contributed by atoms with Gasteiger partial charge in [0.05, 0.1) is 12.8 Å². The van der Waals surface area contributed by atoms with Gasteiger partial charge in [-0.2, -0.15) is 0 Å². The molecular formula is C17H25ClN2O2. The van der Waals surface area contributed by atoms with Crippen molar-refractivity contribution in [2.45, 2.75) is 39.0 Å². The second-order valence-corrected chi connectivity index (χ2v) is 6.26. The Morgan fingerprint density at radius 3 is 2.59 bits per heavy atom. The summed E-state index contributed by atoms with van der Waals surface area (Å²) in [6.07, 6.45) is 5.61. The number of ether oxygens (including phenoxy) is 1. The molecule has 1 aromatic carbocycles. The van der Waals surface area contributed by atoms with Gasteiger partial charge in [0.1, 0.15) is 5.75 Å². The molecule has 1 aliphatic rings. The maximum atomic E-state index is 12.2. The third-order valence-corrected chi connectivity index (χ3v) is 4.52. The molecule has 4 nitrogen and oxygen atoms in total. The quantitative estimate of drug-likeness (QED) is 0.894. The van der Waals surface area contributed by atoms with Crippen LogP contribution in [0.2, 0.25) is 5.02 Å². The molecule has 1 saturated heterocycles. The van der Waals surface area contributed by atoms with Crippen molar-refractivity contribution in [2.75, 3.05) is 32.1 Å². The van der Waals surface area contributed by atoms with Crippen molar-refractivity contribution < 1.29 is 9.53 Å². The molecule has 0 spiro atoms. The molecule has 1 N–H and O–H groups in total. The Labute approximate surface area is 137 Å². The third kappa shape index (κ3) is 4.89. The minimum atomic E-state index is 0.0178. The molecule has 0 unspecified atom stereocenters. The van der Waals surface area contributed by atoms with Crippen LogP contribution in [0, 0.1) is 6.92 Å². The summed E-state index contributed by atoms with van der Waals surface area (Å²) in [5, 5.41) is 3.57. The van der Waals surface area contributed by atoms with Crippen molar-refractivity contribution in [3.63, 3.8) is 0 Å². The lowest BCUT2D eigenvalue weighted by Gasteiger charge is -2.19. The lowest BCUT2D eigenvalue weighted by molar-refractivity contribution is -0.116. The fourth-order valence-corrected chi connectivity index (χ4v) is 2.92. The summed E-state index contributed by atoms with van der Waals surface area (Å²) in [7, 11) is 1.58. The summed E-state index contributed by atoms with van der Waals surface area (Å²) < 4.78 is 5.28. The smallest absolute Gasteiger partial charge is 0.225 e. The van der Waals surface area contributed by atoms with Gasteiger partial charge in [-0.25, -0.2) is 0 Å². The number of benzene rings is 1. The minimum Gasteiger partial charge on any atom is -0.495 e. The lowest BCUT2D eigenvalue weighted by atomic mass is 10.2. The minimum absolute atomic E-state index is 0.0178. The van der Waals surface area contributed by atoms with E-state index < -0.39 is 0 Å². The number of hydrogen-bond donors (Lipinski definition) is 1. The van der Waals surface area contributed by atoms with E-state index in [1.165, 1.54) is 25.7 Å². The van der Waals surface area contributed by atoms with Crippen LogP contribution in [0.3, 0.4) is 0 Å². The second kappa shape index (κ2) is 8.39. The van der Waals surface area contributed by atoms with Gasteiger partial charge in [0.2, 0.25) is 5.91 Å². The zero-order valence-corrected chi connectivity index (χ0v) is 14.2. The highest BCUT2D eigenvalue weighted by atomic mass is 35.5. The molecule has 0 radical (unpaired) electrons. The molecule has 5 heteroatoms. The van der Waals surface area contributed by atoms with Gasteiger partial charge in [-0.3, -0.25) is 4.79 Å². The molecule has 0 saturated carbocycles. The van der Waals surface area contributed by atoms with Gasteiger partial charge in [0, 0.05) is 24.1 Å². The summed E-state index contributed by atoms with van der Waals surface area (Å²) in [5.74, 6) is 0.614. The Hall–Kier alpha value is -1.26. The van der Waals surface area contributed by atoms with E-state index in [0.29, 0.717) is 22.9 Å². The van der Waals surface area contributed by atoms with Gasteiger partial charge in [0.25, 0.3) is 0 Å². The molecule has 0 aliphatic carbocycles. The highest BCUT2D eigenvalue weighted by Crippen LogP contribution is 2.31. The average Bonchev–Trinajstić information content (AvgIpc) is 2.77. The van der Waals surface area contributed by atoms with Crippen LogP contribution < -0.4 is 10.1 Å². The summed E-state index contributed by atoms with van der Waals surface area (Å²) in [6.45, 7) is 4.95. The number of carbonyl (C=O) groups excluding carboxylic acids is 1. The van der Waals surface area contributed by atoms with Crippen molar-refractivity contribution in [2.24, 2.45) is 0 Å². The highest BCUT2D eigenvalue weighted by molar-refractivity contribution is 6.31. The number of nitrogens with one attached hydrogen (secondary N) is 1. The molecule has 1 fully saturated rings. The maximum Gasteiger partial charge on any atom is 0.225 e. The van der Waals surface area contributed by atoms with Gasteiger partial charge >= 0.3 is 0 Å². The standard InChI is InChI=1S/C17H25ClN2O2/c1-13-11-15(16(22-2)12-14(13)18)19-17(21)7-10-20-8-5-3-4-6-9-20/h11-12H,3-10H2,1-2H3,(H,19,21). The molecule has 2 rings (SSSR count). The van der Waals surface area contributed by atoms with Crippen LogP contribution in [-0.2, 0) is 4.79 Å². The van der Waals surface area contributed by atoms with E-state index in [-0.39, 0.29) is 5.91 Å². The van der Waals surface area contributed by atoms with Crippen LogP contribution in [0.1, 0.15) is 37.7 Å². The molecule has 0 aromatic heterocycles. The predicted octanol–water partition coefficient (Wildman–Crippen LogP) is 3.86. The Kier molecular flexibility index (Phi) is 6.52. The van der Waals surface area contributed by atoms with Crippen molar-refractivity contribution in [1.29, 1.82) is 0 Å². The van der Waals surface area contributed by atoms with Crippen LogP contribution in [0.5, 0.6) is 5.75 Å². The number of hydrogen-bond acceptors (Lipinski definition) is 3. The molecule has 1 heterocycles. The first kappa shape index (κ1) is 17.1. The third-order valence-electron chi connectivity index (χ3n) is 4.11. The van der Waals surface area contributed by atoms with Crippen LogP contribution >= 0.6 is 11.6 Å². The van der Waals surface area contributed by atoms with E-state index in [1.54, 1.807) is 13.2 Å². The van der Waals surface area contributed by atoms with E-state index in [1.807, 2.05) is 13.0 Å². The number of likely N-dealkylation sites (tertiary alicyclic amines) is 1. The van der Waals surface area contributed by atoms with Gasteiger partial charge < -0.3 is 15.0 Å². The number of amides is 1. The SMILES string of the molecule is COc1cc(Cl)c(C)cc1NC(=O)CCN1CCCCCC1. The topological polar surface area (TPSA) is 41.6 Å². The van der Waals surface area contributed by atoms with Crippen molar-refractivity contribution >= 4 is 23.2 Å². The number of nitrogens with zero attached hydrogens (tertiary/aromatic N) is 1. The first-order valence-electron chi connectivity index (χ1n) is 7.96. The molecule has 0 atom stereocenters. The second-order valence-electron chi connectivity index (χ2n) is 5.86. The van der Waals surface area contributed by atoms with E-state index in [4.69, 9.17) is 16.3 Å². The van der Waals surface area contributed by atoms with E-state index in [9.17, 15) is 4.79 Å². The van der Waals surface area contributed by atoms with Crippen molar-refractivity contribution in [3.05, 3.63) is 22.7 Å². The van der Waals surface area contributed by atoms with E-state index >= 15 is 0 Å². The predicted molar refractivity (Wildman–Crippen MR) is 90.9 cm³/mol. The van der Waals surface area contributed by atoms with Crippen molar-refractivity contribution in [1.82, 2.24) is 4.90 Å². The largest absolute Gasteiger partial charge is 0.495 e. The highest BCUT2D eigenvalue weighted by Gasteiger charge is 2.13. The Morgan fingerprint density at radius 2 is 1.95 bits per heavy atom. The summed E-state index contributed by atoms with van der Waals surface area (Å²) in [5.41, 5.74) is 1.61. The molecular weight excluding hydrogens is 300 g/mol.